The fourth-order valence-electron chi connectivity index (χ4n) is 3.09. The minimum Gasteiger partial charge on any atom is -0.508 e. The summed E-state index contributed by atoms with van der Waals surface area (Å²) in [6.45, 7) is 1.43. The van der Waals surface area contributed by atoms with Crippen molar-refractivity contribution in [3.05, 3.63) is 52.6 Å². The van der Waals surface area contributed by atoms with Crippen LogP contribution in [0.25, 0.3) is 0 Å². The number of hydrogen-bond acceptors (Lipinski definition) is 4. The predicted molar refractivity (Wildman–Crippen MR) is 85.3 cm³/mol. The van der Waals surface area contributed by atoms with Gasteiger partial charge in [0.2, 0.25) is 0 Å². The second kappa shape index (κ2) is 5.89. The number of rotatable bonds is 0. The zero-order valence-corrected chi connectivity index (χ0v) is 12.7. The van der Waals surface area contributed by atoms with E-state index >= 15 is 0 Å². The molecule has 1 aliphatic rings. The van der Waals surface area contributed by atoms with Gasteiger partial charge in [-0.15, -0.1) is 0 Å². The molecular weight excluding hydrogens is 278 g/mol. The number of nitrogens with zero attached hydrogens (tertiary/aromatic N) is 1. The average Bonchev–Trinajstić information content (AvgIpc) is 2.50. The zero-order valence-electron chi connectivity index (χ0n) is 12.7. The van der Waals surface area contributed by atoms with Crippen molar-refractivity contribution in [3.8, 4) is 17.2 Å². The van der Waals surface area contributed by atoms with Crippen molar-refractivity contribution in [1.82, 2.24) is 4.90 Å². The number of likely N-dealkylation sites (N-methyl/N-ethyl adjacent to an activating group) is 1. The van der Waals surface area contributed by atoms with Gasteiger partial charge in [0.15, 0.2) is 11.5 Å². The lowest BCUT2D eigenvalue weighted by Crippen LogP contribution is -2.23. The molecule has 0 aromatic heterocycles. The van der Waals surface area contributed by atoms with E-state index in [-0.39, 0.29) is 11.5 Å². The molecule has 1 aliphatic heterocycles. The molecule has 0 atom stereocenters. The first-order valence-corrected chi connectivity index (χ1v) is 7.56. The monoisotopic (exact) mass is 299 g/mol. The smallest absolute Gasteiger partial charge is 0.162 e. The van der Waals surface area contributed by atoms with Gasteiger partial charge >= 0.3 is 0 Å². The standard InChI is InChI=1S/C18H21NO3/c1-19-9-8-14-10-15(20)6-4-12(14)2-3-13-5-7-17(21)18(22)16(13)11-19/h4-7,10,20-22H,2-3,8-9,11H2,1H3. The molecule has 3 rings (SSSR count). The number of aromatic hydroxyl groups is 3. The average molecular weight is 299 g/mol. The third-order valence-corrected chi connectivity index (χ3v) is 4.40. The molecule has 0 aliphatic carbocycles. The van der Waals surface area contributed by atoms with Crippen LogP contribution < -0.4 is 0 Å². The van der Waals surface area contributed by atoms with Crippen molar-refractivity contribution in [3.63, 3.8) is 0 Å². The maximum absolute atomic E-state index is 10.2. The Morgan fingerprint density at radius 1 is 0.864 bits per heavy atom. The molecule has 0 amide bonds. The van der Waals surface area contributed by atoms with Gasteiger partial charge in [0.05, 0.1) is 0 Å². The number of fused-ring (bicyclic) bond motifs is 2. The van der Waals surface area contributed by atoms with Crippen LogP contribution in [-0.4, -0.2) is 33.8 Å². The van der Waals surface area contributed by atoms with Crippen molar-refractivity contribution < 1.29 is 15.3 Å². The minimum absolute atomic E-state index is 0.00384. The summed E-state index contributed by atoms with van der Waals surface area (Å²) in [6.07, 6.45) is 2.51. The minimum atomic E-state index is -0.0606. The van der Waals surface area contributed by atoms with Crippen LogP contribution in [-0.2, 0) is 25.8 Å². The summed E-state index contributed by atoms with van der Waals surface area (Å²) in [5, 5.41) is 29.6. The Morgan fingerprint density at radius 2 is 1.59 bits per heavy atom. The summed E-state index contributed by atoms with van der Waals surface area (Å²) < 4.78 is 0. The van der Waals surface area contributed by atoms with Crippen molar-refractivity contribution >= 4 is 0 Å². The van der Waals surface area contributed by atoms with Crippen LogP contribution in [0.2, 0.25) is 0 Å². The first kappa shape index (κ1) is 14.7. The van der Waals surface area contributed by atoms with E-state index in [1.165, 1.54) is 11.1 Å². The van der Waals surface area contributed by atoms with E-state index in [9.17, 15) is 15.3 Å². The predicted octanol–water partition coefficient (Wildman–Crippen LogP) is 2.58. The SMILES string of the molecule is CN1CCc2cc(O)ccc2CCc2ccc(O)c(O)c2C1. The van der Waals surface area contributed by atoms with E-state index < -0.39 is 0 Å². The molecule has 3 N–H and O–H groups in total. The molecule has 116 valence electrons. The molecule has 0 bridgehead atoms. The summed E-state index contributed by atoms with van der Waals surface area (Å²) in [5.41, 5.74) is 4.28. The van der Waals surface area contributed by atoms with E-state index in [4.69, 9.17) is 0 Å². The highest BCUT2D eigenvalue weighted by molar-refractivity contribution is 5.49. The van der Waals surface area contributed by atoms with Gasteiger partial charge in [-0.1, -0.05) is 12.1 Å². The van der Waals surface area contributed by atoms with Gasteiger partial charge in [0.1, 0.15) is 5.75 Å². The van der Waals surface area contributed by atoms with Gasteiger partial charge in [0, 0.05) is 18.7 Å². The fraction of sp³-hybridized carbons (Fsp3) is 0.333. The van der Waals surface area contributed by atoms with E-state index in [2.05, 4.69) is 4.90 Å². The van der Waals surface area contributed by atoms with Crippen LogP contribution >= 0.6 is 0 Å². The molecule has 0 radical (unpaired) electrons. The van der Waals surface area contributed by atoms with Crippen LogP contribution in [0.5, 0.6) is 17.2 Å². The number of benzene rings is 2. The summed E-state index contributed by atoms with van der Waals surface area (Å²) in [6, 6.07) is 8.99. The third kappa shape index (κ3) is 2.88. The van der Waals surface area contributed by atoms with Crippen LogP contribution in [0.15, 0.2) is 30.3 Å². The highest BCUT2D eigenvalue weighted by Gasteiger charge is 2.17. The molecule has 0 unspecified atom stereocenters. The number of phenols is 3. The van der Waals surface area contributed by atoms with Crippen LogP contribution in [0, 0.1) is 0 Å². The second-order valence-electron chi connectivity index (χ2n) is 6.01. The molecule has 4 heteroatoms. The molecule has 0 saturated heterocycles. The van der Waals surface area contributed by atoms with E-state index in [1.54, 1.807) is 12.1 Å². The quantitative estimate of drug-likeness (QED) is 0.654. The molecule has 0 saturated carbocycles. The Kier molecular flexibility index (Phi) is 3.94. The molecule has 0 spiro atoms. The van der Waals surface area contributed by atoms with Crippen molar-refractivity contribution in [1.29, 1.82) is 0 Å². The second-order valence-corrected chi connectivity index (χ2v) is 6.01. The number of hydrogen-bond donors (Lipinski definition) is 3. The highest BCUT2D eigenvalue weighted by atomic mass is 16.3. The Labute approximate surface area is 130 Å². The molecular formula is C18H21NO3. The molecule has 0 fully saturated rings. The van der Waals surface area contributed by atoms with Gasteiger partial charge in [-0.2, -0.15) is 0 Å². The Balaban J connectivity index is 2.00. The van der Waals surface area contributed by atoms with Gasteiger partial charge in [-0.25, -0.2) is 0 Å². The maximum Gasteiger partial charge on any atom is 0.162 e. The van der Waals surface area contributed by atoms with Crippen LogP contribution in [0.3, 0.4) is 0 Å². The number of aryl methyl sites for hydroxylation is 2. The molecule has 1 heterocycles. The van der Waals surface area contributed by atoms with Crippen LogP contribution in [0.4, 0.5) is 0 Å². The van der Waals surface area contributed by atoms with Gasteiger partial charge in [-0.3, -0.25) is 0 Å². The van der Waals surface area contributed by atoms with Crippen molar-refractivity contribution in [2.75, 3.05) is 13.6 Å². The number of phenolic OH excluding ortho intramolecular Hbond substituents is 3. The Bertz CT molecular complexity index is 697. The summed E-state index contributed by atoms with van der Waals surface area (Å²) in [5.74, 6) is 0.242. The molecule has 2 aromatic rings. The van der Waals surface area contributed by atoms with Gasteiger partial charge in [0.25, 0.3) is 0 Å². The third-order valence-electron chi connectivity index (χ3n) is 4.40. The van der Waals surface area contributed by atoms with E-state index in [0.717, 1.165) is 36.9 Å². The fourth-order valence-corrected chi connectivity index (χ4v) is 3.09. The molecule has 22 heavy (non-hydrogen) atoms. The van der Waals surface area contributed by atoms with Crippen molar-refractivity contribution in [2.24, 2.45) is 0 Å². The zero-order chi connectivity index (χ0) is 15.7. The highest BCUT2D eigenvalue weighted by Crippen LogP contribution is 2.33. The Morgan fingerprint density at radius 3 is 2.41 bits per heavy atom. The Hall–Kier alpha value is -2.20. The molecule has 2 aromatic carbocycles. The van der Waals surface area contributed by atoms with Crippen molar-refractivity contribution in [2.45, 2.75) is 25.8 Å². The van der Waals surface area contributed by atoms with E-state index in [1.807, 2.05) is 25.2 Å². The summed E-state index contributed by atoms with van der Waals surface area (Å²) in [4.78, 5) is 2.12. The van der Waals surface area contributed by atoms with Crippen LogP contribution in [0.1, 0.15) is 22.3 Å². The lowest BCUT2D eigenvalue weighted by Gasteiger charge is -2.23. The normalized spacial score (nSPS) is 15.9. The lowest BCUT2D eigenvalue weighted by molar-refractivity contribution is 0.317. The summed E-state index contributed by atoms with van der Waals surface area (Å²) >= 11 is 0. The van der Waals surface area contributed by atoms with Gasteiger partial charge in [-0.05, 0) is 61.2 Å². The first-order valence-electron chi connectivity index (χ1n) is 7.56. The first-order chi connectivity index (χ1) is 10.5. The topological polar surface area (TPSA) is 63.9 Å². The molecule has 4 nitrogen and oxygen atoms in total. The maximum atomic E-state index is 10.2. The lowest BCUT2D eigenvalue weighted by atomic mass is 9.93. The largest absolute Gasteiger partial charge is 0.508 e. The van der Waals surface area contributed by atoms with E-state index in [0.29, 0.717) is 12.3 Å². The summed E-state index contributed by atoms with van der Waals surface area (Å²) in [7, 11) is 2.00. The van der Waals surface area contributed by atoms with Gasteiger partial charge < -0.3 is 20.2 Å².